The lowest BCUT2D eigenvalue weighted by Crippen LogP contribution is -2.38. The second kappa shape index (κ2) is 4.70. The summed E-state index contributed by atoms with van der Waals surface area (Å²) < 4.78 is 0. The number of nitrogens with two attached hydrogens (primary N) is 1. The zero-order chi connectivity index (χ0) is 13.4. The highest BCUT2D eigenvalue weighted by atomic mass is 32.1. The molecule has 0 fully saturated rings. The van der Waals surface area contributed by atoms with Crippen LogP contribution >= 0.6 is 11.3 Å². The van der Waals surface area contributed by atoms with E-state index in [-0.39, 0.29) is 11.9 Å². The van der Waals surface area contributed by atoms with Crippen molar-refractivity contribution in [2.24, 2.45) is 0 Å². The summed E-state index contributed by atoms with van der Waals surface area (Å²) in [6.07, 6.45) is 6.21. The van der Waals surface area contributed by atoms with Crippen molar-refractivity contribution in [2.75, 3.05) is 5.73 Å². The largest absolute Gasteiger partial charge is 0.375 e. The molecule has 0 aliphatic heterocycles. The Morgan fingerprint density at radius 2 is 2.42 bits per heavy atom. The number of carbonyl (C=O) groups is 1. The number of aromatic nitrogens is 2. The van der Waals surface area contributed by atoms with Crippen molar-refractivity contribution in [2.45, 2.75) is 32.2 Å². The first-order chi connectivity index (χ1) is 9.13. The van der Waals surface area contributed by atoms with Crippen LogP contribution in [0, 0.1) is 6.92 Å². The summed E-state index contributed by atoms with van der Waals surface area (Å²) in [6, 6.07) is 0.175. The minimum absolute atomic E-state index is 0.00955. The zero-order valence-corrected chi connectivity index (χ0v) is 11.5. The number of carbonyl (C=O) groups excluding carboxylic acids is 1. The number of hydrogen-bond donors (Lipinski definition) is 3. The molecule has 2 heterocycles. The first-order valence-corrected chi connectivity index (χ1v) is 7.13. The molecule has 1 atom stereocenters. The number of nitrogens with one attached hydrogen (secondary N) is 2. The van der Waals surface area contributed by atoms with Crippen LogP contribution in [0.1, 0.15) is 32.9 Å². The first-order valence-electron chi connectivity index (χ1n) is 6.32. The Bertz CT molecular complexity index is 616. The zero-order valence-electron chi connectivity index (χ0n) is 10.7. The molecule has 1 aliphatic carbocycles. The molecule has 5 nitrogen and oxygen atoms in total. The van der Waals surface area contributed by atoms with Crippen molar-refractivity contribution in [3.05, 3.63) is 34.1 Å². The number of aromatic amines is 1. The van der Waals surface area contributed by atoms with E-state index in [4.69, 9.17) is 5.73 Å². The second-order valence-electron chi connectivity index (χ2n) is 4.89. The molecule has 1 aliphatic rings. The number of nitrogens with zero attached hydrogens (tertiary/aromatic N) is 1. The van der Waals surface area contributed by atoms with Gasteiger partial charge in [-0.15, -0.1) is 11.3 Å². The number of anilines is 1. The maximum atomic E-state index is 12.1. The fourth-order valence-electron chi connectivity index (χ4n) is 2.47. The average Bonchev–Trinajstić information content (AvgIpc) is 2.93. The van der Waals surface area contributed by atoms with E-state index in [1.807, 2.05) is 13.1 Å². The monoisotopic (exact) mass is 276 g/mol. The lowest BCUT2D eigenvalue weighted by atomic mass is 9.97. The Balaban J connectivity index is 1.69. The van der Waals surface area contributed by atoms with Gasteiger partial charge in [0.2, 0.25) is 0 Å². The van der Waals surface area contributed by atoms with Gasteiger partial charge in [0.05, 0.1) is 11.3 Å². The van der Waals surface area contributed by atoms with Crippen LogP contribution in [-0.4, -0.2) is 21.9 Å². The highest BCUT2D eigenvalue weighted by molar-refractivity contribution is 7.15. The van der Waals surface area contributed by atoms with E-state index in [2.05, 4.69) is 15.3 Å². The number of thiazole rings is 1. The summed E-state index contributed by atoms with van der Waals surface area (Å²) in [7, 11) is 0. The van der Waals surface area contributed by atoms with Gasteiger partial charge in [0.1, 0.15) is 0 Å². The number of aryl methyl sites for hydroxylation is 2. The number of rotatable bonds is 2. The fraction of sp³-hybridized carbons (Fsp3) is 0.385. The van der Waals surface area contributed by atoms with Gasteiger partial charge in [-0.1, -0.05) is 0 Å². The predicted octanol–water partition coefficient (Wildman–Crippen LogP) is 1.65. The Morgan fingerprint density at radius 1 is 1.58 bits per heavy atom. The van der Waals surface area contributed by atoms with Gasteiger partial charge in [0.25, 0.3) is 5.91 Å². The van der Waals surface area contributed by atoms with Crippen molar-refractivity contribution in [1.29, 1.82) is 0 Å². The molecule has 0 radical (unpaired) electrons. The molecule has 100 valence electrons. The van der Waals surface area contributed by atoms with E-state index >= 15 is 0 Å². The van der Waals surface area contributed by atoms with Gasteiger partial charge in [-0.2, -0.15) is 0 Å². The lowest BCUT2D eigenvalue weighted by molar-refractivity contribution is 0.0933. The normalized spacial score (nSPS) is 18.1. The topological polar surface area (TPSA) is 83.8 Å². The summed E-state index contributed by atoms with van der Waals surface area (Å²) in [4.78, 5) is 20.6. The summed E-state index contributed by atoms with van der Waals surface area (Å²) in [5.41, 5.74) is 8.51. The van der Waals surface area contributed by atoms with E-state index in [1.54, 1.807) is 6.20 Å². The molecular formula is C13H16N4OS. The Morgan fingerprint density at radius 3 is 3.16 bits per heavy atom. The van der Waals surface area contributed by atoms with Gasteiger partial charge < -0.3 is 16.0 Å². The quantitative estimate of drug-likeness (QED) is 0.780. The smallest absolute Gasteiger partial charge is 0.253 e. The van der Waals surface area contributed by atoms with E-state index in [0.29, 0.717) is 5.13 Å². The third-order valence-electron chi connectivity index (χ3n) is 3.49. The van der Waals surface area contributed by atoms with Crippen LogP contribution in [0.15, 0.2) is 12.4 Å². The van der Waals surface area contributed by atoms with Crippen LogP contribution in [0.3, 0.4) is 0 Å². The number of amides is 1. The molecule has 0 bridgehead atoms. The fourth-order valence-corrected chi connectivity index (χ4v) is 3.43. The van der Waals surface area contributed by atoms with Gasteiger partial charge in [-0.05, 0) is 25.3 Å². The van der Waals surface area contributed by atoms with E-state index in [0.717, 1.165) is 36.1 Å². The molecule has 0 saturated carbocycles. The van der Waals surface area contributed by atoms with Crippen LogP contribution in [0.25, 0.3) is 0 Å². The number of fused-ring (bicyclic) bond motifs is 1. The van der Waals surface area contributed by atoms with E-state index in [9.17, 15) is 4.79 Å². The highest BCUT2D eigenvalue weighted by Gasteiger charge is 2.24. The van der Waals surface area contributed by atoms with Crippen LogP contribution in [0.4, 0.5) is 5.13 Å². The molecular weight excluding hydrogens is 260 g/mol. The molecule has 6 heteroatoms. The van der Waals surface area contributed by atoms with Crippen molar-refractivity contribution in [3.8, 4) is 0 Å². The molecule has 0 unspecified atom stereocenters. The maximum Gasteiger partial charge on any atom is 0.253 e. The summed E-state index contributed by atoms with van der Waals surface area (Å²) in [6.45, 7) is 1.92. The van der Waals surface area contributed by atoms with Gasteiger partial charge in [-0.25, -0.2) is 4.98 Å². The predicted molar refractivity (Wildman–Crippen MR) is 75.3 cm³/mol. The minimum Gasteiger partial charge on any atom is -0.375 e. The highest BCUT2D eigenvalue weighted by Crippen LogP contribution is 2.28. The molecule has 0 aromatic carbocycles. The van der Waals surface area contributed by atoms with Crippen molar-refractivity contribution >= 4 is 22.4 Å². The second-order valence-corrected chi connectivity index (χ2v) is 6.00. The Labute approximate surface area is 115 Å². The number of H-pyrrole nitrogens is 1. The lowest BCUT2D eigenvalue weighted by Gasteiger charge is -2.22. The van der Waals surface area contributed by atoms with E-state index < -0.39 is 0 Å². The Hall–Kier alpha value is -1.82. The summed E-state index contributed by atoms with van der Waals surface area (Å²) in [5, 5.41) is 3.71. The van der Waals surface area contributed by atoms with Crippen molar-refractivity contribution in [1.82, 2.24) is 15.3 Å². The van der Waals surface area contributed by atoms with Gasteiger partial charge in [0, 0.05) is 29.7 Å². The molecule has 1 amide bonds. The van der Waals surface area contributed by atoms with Crippen LogP contribution < -0.4 is 11.1 Å². The van der Waals surface area contributed by atoms with Gasteiger partial charge in [-0.3, -0.25) is 4.79 Å². The Kier molecular flexibility index (Phi) is 3.02. The standard InChI is InChI=1S/C13H16N4OS/c1-7-5-15-6-9(7)12(18)16-8-2-3-10-11(4-8)19-13(14)17-10/h5-6,8,15H,2-4H2,1H3,(H2,14,17)(H,16,18)/t8-/m0/s1. The third kappa shape index (κ3) is 2.35. The molecule has 4 N–H and O–H groups in total. The summed E-state index contributed by atoms with van der Waals surface area (Å²) in [5.74, 6) is -0.00955. The van der Waals surface area contributed by atoms with Gasteiger partial charge in [0.15, 0.2) is 5.13 Å². The molecule has 2 aromatic rings. The van der Waals surface area contributed by atoms with Crippen molar-refractivity contribution in [3.63, 3.8) is 0 Å². The number of hydrogen-bond acceptors (Lipinski definition) is 4. The minimum atomic E-state index is -0.00955. The molecule has 19 heavy (non-hydrogen) atoms. The van der Waals surface area contributed by atoms with Crippen molar-refractivity contribution < 1.29 is 4.79 Å². The molecule has 0 saturated heterocycles. The molecule has 2 aromatic heterocycles. The average molecular weight is 276 g/mol. The summed E-state index contributed by atoms with van der Waals surface area (Å²) >= 11 is 1.53. The third-order valence-corrected chi connectivity index (χ3v) is 4.44. The first kappa shape index (κ1) is 12.2. The number of nitrogen functional groups attached to an aromatic ring is 1. The van der Waals surface area contributed by atoms with Crippen LogP contribution in [0.5, 0.6) is 0 Å². The van der Waals surface area contributed by atoms with Gasteiger partial charge >= 0.3 is 0 Å². The maximum absolute atomic E-state index is 12.1. The van der Waals surface area contributed by atoms with Crippen LogP contribution in [0.2, 0.25) is 0 Å². The SMILES string of the molecule is Cc1c[nH]cc1C(=O)N[C@H]1CCc2nc(N)sc2C1. The van der Waals surface area contributed by atoms with Crippen LogP contribution in [-0.2, 0) is 12.8 Å². The molecule has 3 rings (SSSR count). The molecule has 0 spiro atoms. The van der Waals surface area contributed by atoms with E-state index in [1.165, 1.54) is 16.2 Å².